The molecule has 1 nitrogen and oxygen atoms in total. The van der Waals surface area contributed by atoms with E-state index < -0.39 is 8.07 Å². The maximum atomic E-state index is 11.4. The largest absolute Gasteiger partial charge is 0.287 e. The number of benzene rings is 1. The summed E-state index contributed by atoms with van der Waals surface area (Å²) >= 11 is 7.93. The molecule has 4 heterocycles. The Morgan fingerprint density at radius 2 is 0.885 bits per heavy atom. The number of rotatable bonds is 5. The predicted molar refractivity (Wildman–Crippen MR) is 232 cm³/mol. The molecule has 0 saturated heterocycles. The van der Waals surface area contributed by atoms with Crippen molar-refractivity contribution in [1.29, 1.82) is 0 Å². The Bertz CT molecular complexity index is 2420. The molecule has 0 atom stereocenters. The van der Waals surface area contributed by atoms with Crippen molar-refractivity contribution in [2.75, 3.05) is 0 Å². The minimum Gasteiger partial charge on any atom is -0.287 e. The maximum Gasteiger partial charge on any atom is 0.190 e. The molecule has 0 aliphatic rings. The molecule has 1 aromatic carbocycles. The summed E-state index contributed by atoms with van der Waals surface area (Å²) < 4.78 is 0. The highest BCUT2D eigenvalue weighted by Gasteiger charge is 2.11. The molecule has 0 bridgehead atoms. The second kappa shape index (κ2) is 18.2. The second-order valence-electron chi connectivity index (χ2n) is 12.9. The number of thioether (sulfide) groups is 1. The van der Waals surface area contributed by atoms with E-state index in [4.69, 9.17) is 0 Å². The highest BCUT2D eigenvalue weighted by molar-refractivity contribution is 8.13. The van der Waals surface area contributed by atoms with Gasteiger partial charge in [-0.25, -0.2) is 0 Å². The SMILES string of the molecule is CCc1cc(C#Cc2ccc(SC(C)=O)cc2)sc1C#Cc1cc(CC)c(C#Cc2cc(CC)c(C#Cc3cc(CC)c(C#C[Si](C)(C)C)s3)s2)s1. The molecular formula is C45H40OS5Si. The van der Waals surface area contributed by atoms with Crippen molar-refractivity contribution < 1.29 is 4.79 Å². The second-order valence-corrected chi connectivity index (χ2v) is 23.1. The topological polar surface area (TPSA) is 17.1 Å². The zero-order valence-electron chi connectivity index (χ0n) is 30.9. The molecule has 0 aliphatic heterocycles. The monoisotopic (exact) mass is 784 g/mol. The highest BCUT2D eigenvalue weighted by atomic mass is 32.2. The first-order chi connectivity index (χ1) is 25.0. The van der Waals surface area contributed by atoms with Gasteiger partial charge in [-0.15, -0.1) is 50.9 Å². The molecule has 0 unspecified atom stereocenters. The van der Waals surface area contributed by atoms with Gasteiger partial charge >= 0.3 is 0 Å². The first-order valence-electron chi connectivity index (χ1n) is 17.4. The van der Waals surface area contributed by atoms with Crippen LogP contribution in [0.25, 0.3) is 0 Å². The Labute approximate surface area is 331 Å². The third kappa shape index (κ3) is 11.0. The molecule has 0 amide bonds. The van der Waals surface area contributed by atoms with Gasteiger partial charge in [0.25, 0.3) is 0 Å². The zero-order chi connectivity index (χ0) is 37.3. The Hall–Kier alpha value is -3.94. The van der Waals surface area contributed by atoms with E-state index in [9.17, 15) is 4.79 Å². The van der Waals surface area contributed by atoms with E-state index >= 15 is 0 Å². The van der Waals surface area contributed by atoms with E-state index in [1.165, 1.54) is 34.0 Å². The summed E-state index contributed by atoms with van der Waals surface area (Å²) in [5.41, 5.74) is 9.42. The lowest BCUT2D eigenvalue weighted by atomic mass is 10.1. The van der Waals surface area contributed by atoms with Crippen molar-refractivity contribution in [3.63, 3.8) is 0 Å². The van der Waals surface area contributed by atoms with Gasteiger partial charge in [0.2, 0.25) is 0 Å². The number of carbonyl (C=O) groups is 1. The molecule has 0 radical (unpaired) electrons. The highest BCUT2D eigenvalue weighted by Crippen LogP contribution is 2.27. The van der Waals surface area contributed by atoms with Crippen LogP contribution in [0.3, 0.4) is 0 Å². The Morgan fingerprint density at radius 1 is 0.538 bits per heavy atom. The van der Waals surface area contributed by atoms with Crippen molar-refractivity contribution in [3.8, 4) is 58.8 Å². The van der Waals surface area contributed by atoms with E-state index in [0.29, 0.717) is 0 Å². The lowest BCUT2D eigenvalue weighted by Gasteiger charge is -2.03. The minimum atomic E-state index is -1.44. The molecule has 5 aromatic rings. The van der Waals surface area contributed by atoms with Crippen LogP contribution >= 0.6 is 57.1 Å². The van der Waals surface area contributed by atoms with Gasteiger partial charge < -0.3 is 0 Å². The van der Waals surface area contributed by atoms with E-state index in [1.54, 1.807) is 52.3 Å². The number of hydrogen-bond donors (Lipinski definition) is 0. The predicted octanol–water partition coefficient (Wildman–Crippen LogP) is 11.6. The molecule has 0 N–H and O–H groups in total. The summed E-state index contributed by atoms with van der Waals surface area (Å²) in [7, 11) is -1.44. The molecule has 0 spiro atoms. The van der Waals surface area contributed by atoms with Crippen molar-refractivity contribution in [2.24, 2.45) is 0 Å². The average Bonchev–Trinajstić information content (AvgIpc) is 3.91. The molecule has 0 saturated carbocycles. The van der Waals surface area contributed by atoms with Crippen molar-refractivity contribution in [3.05, 3.63) is 115 Å². The van der Waals surface area contributed by atoms with Gasteiger partial charge in [0.05, 0.1) is 39.0 Å². The van der Waals surface area contributed by atoms with E-state index in [1.807, 2.05) is 24.3 Å². The van der Waals surface area contributed by atoms with Crippen LogP contribution in [0.15, 0.2) is 53.4 Å². The lowest BCUT2D eigenvalue weighted by molar-refractivity contribution is -0.109. The fraction of sp³-hybridized carbons (Fsp3) is 0.267. The van der Waals surface area contributed by atoms with Crippen molar-refractivity contribution in [1.82, 2.24) is 0 Å². The molecule has 0 fully saturated rings. The van der Waals surface area contributed by atoms with Gasteiger partial charge in [-0.2, -0.15) is 0 Å². The summed E-state index contributed by atoms with van der Waals surface area (Å²) in [6.07, 6.45) is 3.69. The summed E-state index contributed by atoms with van der Waals surface area (Å²) in [5, 5.41) is 0.0773. The standard InChI is InChI=1S/C45H40OS5Si/c1-9-33-27-38(18-15-32-13-16-37(17-14-32)47-31(5)46)48-42(33)22-19-39-28-34(10-2)43(49-39)23-20-40-29-35(11-3)44(50-40)24-21-41-30-36(12-4)45(51-41)25-26-52(6,7)8/h13-14,16-17,27-30H,9-12H2,1-8H3. The molecule has 5 rings (SSSR count). The average molecular weight is 785 g/mol. The third-order valence-corrected chi connectivity index (χ3v) is 13.4. The molecular weight excluding hydrogens is 745 g/mol. The van der Waals surface area contributed by atoms with Crippen LogP contribution in [0.4, 0.5) is 0 Å². The fourth-order valence-electron chi connectivity index (χ4n) is 4.94. The van der Waals surface area contributed by atoms with Crippen LogP contribution < -0.4 is 0 Å². The molecule has 7 heteroatoms. The molecule has 52 heavy (non-hydrogen) atoms. The first kappa shape index (κ1) is 39.3. The Morgan fingerprint density at radius 3 is 1.21 bits per heavy atom. The zero-order valence-corrected chi connectivity index (χ0v) is 36.0. The Balaban J connectivity index is 1.33. The Kier molecular flexibility index (Phi) is 13.7. The van der Waals surface area contributed by atoms with Gasteiger partial charge in [0.1, 0.15) is 8.07 Å². The van der Waals surface area contributed by atoms with Crippen LogP contribution in [0.2, 0.25) is 19.6 Å². The van der Waals surface area contributed by atoms with E-state index in [-0.39, 0.29) is 5.12 Å². The van der Waals surface area contributed by atoms with Crippen LogP contribution in [0.5, 0.6) is 0 Å². The van der Waals surface area contributed by atoms with Crippen LogP contribution in [0.1, 0.15) is 101 Å². The number of carbonyl (C=O) groups excluding carboxylic acids is 1. The van der Waals surface area contributed by atoms with E-state index in [0.717, 1.165) is 75.2 Å². The molecule has 260 valence electrons. The summed E-state index contributed by atoms with van der Waals surface area (Å²) in [5.74, 6) is 30.7. The maximum absolute atomic E-state index is 11.4. The smallest absolute Gasteiger partial charge is 0.190 e. The van der Waals surface area contributed by atoms with E-state index in [2.05, 4.69) is 130 Å². The molecule has 4 aromatic heterocycles. The first-order valence-corrected chi connectivity index (χ1v) is 25.0. The van der Waals surface area contributed by atoms with Crippen LogP contribution in [-0.2, 0) is 30.5 Å². The molecule has 0 aliphatic carbocycles. The van der Waals surface area contributed by atoms with Gasteiger partial charge in [-0.3, -0.25) is 4.79 Å². The van der Waals surface area contributed by atoms with Gasteiger partial charge in [0.15, 0.2) is 5.12 Å². The summed E-state index contributed by atoms with van der Waals surface area (Å²) in [6.45, 7) is 17.1. The minimum absolute atomic E-state index is 0.0773. The third-order valence-electron chi connectivity index (χ3n) is 7.65. The van der Waals surface area contributed by atoms with Crippen LogP contribution in [0, 0.1) is 58.8 Å². The number of aryl methyl sites for hydroxylation is 4. The quantitative estimate of drug-likeness (QED) is 0.100. The van der Waals surface area contributed by atoms with Gasteiger partial charge in [0, 0.05) is 17.4 Å². The number of hydrogen-bond acceptors (Lipinski definition) is 6. The van der Waals surface area contributed by atoms with Gasteiger partial charge in [-0.1, -0.05) is 76.9 Å². The van der Waals surface area contributed by atoms with Gasteiger partial charge in [-0.05, 0) is 132 Å². The number of thiophene rings is 4. The van der Waals surface area contributed by atoms with Crippen LogP contribution in [-0.4, -0.2) is 13.2 Å². The normalized spacial score (nSPS) is 10.4. The fourth-order valence-corrected chi connectivity index (χ4v) is 9.97. The van der Waals surface area contributed by atoms with Crippen molar-refractivity contribution >= 4 is 70.3 Å². The summed E-state index contributed by atoms with van der Waals surface area (Å²) in [4.78, 5) is 20.8. The summed E-state index contributed by atoms with van der Waals surface area (Å²) in [6, 6.07) is 16.5. The van der Waals surface area contributed by atoms with Crippen molar-refractivity contribution in [2.45, 2.75) is 84.8 Å². The lowest BCUT2D eigenvalue weighted by Crippen LogP contribution is -2.16.